The van der Waals surface area contributed by atoms with Gasteiger partial charge in [-0.2, -0.15) is 6.42 Å². The number of carbonyl (C=O) groups excluding carboxylic acids is 1. The van der Waals surface area contributed by atoms with Gasteiger partial charge in [0.05, 0.1) is 12.6 Å². The van der Waals surface area contributed by atoms with Crippen LogP contribution in [0.1, 0.15) is 40.0 Å². The summed E-state index contributed by atoms with van der Waals surface area (Å²) in [5, 5.41) is 0. The van der Waals surface area contributed by atoms with Crippen molar-refractivity contribution in [1.29, 1.82) is 0 Å². The maximum atomic E-state index is 11.9. The summed E-state index contributed by atoms with van der Waals surface area (Å²) in [6, 6.07) is 0.163. The van der Waals surface area contributed by atoms with Gasteiger partial charge in [0.15, 0.2) is 0 Å². The predicted molar refractivity (Wildman–Crippen MR) is 72.5 cm³/mol. The Balaban J connectivity index is 0. The minimum Gasteiger partial charge on any atom is -1.00 e. The van der Waals surface area contributed by atoms with E-state index in [-0.39, 0.29) is 52.2 Å². The summed E-state index contributed by atoms with van der Waals surface area (Å²) >= 11 is 0. The van der Waals surface area contributed by atoms with Crippen LogP contribution in [0.3, 0.4) is 0 Å². The zero-order chi connectivity index (χ0) is 12.9. The Bertz CT molecular complexity index is 259. The van der Waals surface area contributed by atoms with E-state index in [9.17, 15) is 4.79 Å². The van der Waals surface area contributed by atoms with Gasteiger partial charge in [-0.3, -0.25) is 0 Å². The third kappa shape index (κ3) is 8.37. The molecule has 1 saturated heterocycles. The van der Waals surface area contributed by atoms with Gasteiger partial charge in [-0.15, -0.1) is 0 Å². The molecule has 0 aromatic carbocycles. The molecule has 0 aromatic rings. The average molecular weight is 347 g/mol. The summed E-state index contributed by atoms with van der Waals surface area (Å²) in [4.78, 5) is 13.7. The summed E-state index contributed by atoms with van der Waals surface area (Å²) < 4.78 is 10.8. The van der Waals surface area contributed by atoms with Gasteiger partial charge in [-0.05, 0) is 33.6 Å². The fraction of sp³-hybridized carbons (Fsp3) is 0.846. The Morgan fingerprint density at radius 1 is 1.42 bits per heavy atom. The molecule has 108 valence electrons. The second-order valence-corrected chi connectivity index (χ2v) is 5.40. The minimum atomic E-state index is -0.432. The molecule has 0 unspecified atom stereocenters. The maximum absolute atomic E-state index is 11.9. The van der Waals surface area contributed by atoms with Crippen molar-refractivity contribution >= 4 is 29.1 Å². The average Bonchev–Trinajstić information content (AvgIpc) is 2.64. The van der Waals surface area contributed by atoms with Crippen molar-refractivity contribution in [3.8, 4) is 0 Å². The number of rotatable bonds is 4. The van der Waals surface area contributed by atoms with E-state index >= 15 is 0 Å². The van der Waals surface area contributed by atoms with Crippen LogP contribution in [-0.4, -0.2) is 65.4 Å². The van der Waals surface area contributed by atoms with Crippen LogP contribution in [-0.2, 0) is 9.47 Å². The molecule has 0 spiro atoms. The first-order valence-electron chi connectivity index (χ1n) is 6.30. The van der Waals surface area contributed by atoms with Crippen LogP contribution in [0.25, 0.3) is 0 Å². The second-order valence-electron chi connectivity index (χ2n) is 5.40. The number of likely N-dealkylation sites (tertiary alicyclic amines) is 1. The molecule has 0 saturated carbocycles. The smallest absolute Gasteiger partial charge is 1.00 e. The molecular formula is C13H24BrMgNO3. The molecule has 6 heteroatoms. The SMILES string of the molecule is [Br-].[CH2-]CCOC[C@@H]1CCCN1C(=O)OC(C)(C)C.[Mg+2]. The monoisotopic (exact) mass is 345 g/mol. The molecule has 1 rings (SSSR count). The van der Waals surface area contributed by atoms with Crippen LogP contribution in [0.5, 0.6) is 0 Å². The van der Waals surface area contributed by atoms with E-state index in [4.69, 9.17) is 9.47 Å². The van der Waals surface area contributed by atoms with E-state index in [2.05, 4.69) is 6.92 Å². The molecule has 0 aliphatic carbocycles. The topological polar surface area (TPSA) is 38.8 Å². The van der Waals surface area contributed by atoms with Crippen molar-refractivity contribution in [3.05, 3.63) is 6.92 Å². The quantitative estimate of drug-likeness (QED) is 0.382. The van der Waals surface area contributed by atoms with E-state index < -0.39 is 5.60 Å². The van der Waals surface area contributed by atoms with Crippen LogP contribution < -0.4 is 17.0 Å². The van der Waals surface area contributed by atoms with Gasteiger partial charge in [0.2, 0.25) is 0 Å². The molecule has 1 atom stereocenters. The standard InChI is InChI=1S/C13H24NO3.BrH.Mg/c1-5-9-16-10-11-7-6-8-14(11)12(15)17-13(2,3)4;;/h11H,1,5-10H2,2-4H3;1H;/q-1;;+2/p-1/t11-;;/m0../s1. The van der Waals surface area contributed by atoms with E-state index in [0.29, 0.717) is 13.2 Å². The Morgan fingerprint density at radius 2 is 2.05 bits per heavy atom. The first-order valence-corrected chi connectivity index (χ1v) is 6.30. The van der Waals surface area contributed by atoms with Crippen molar-refractivity contribution in [1.82, 2.24) is 4.90 Å². The van der Waals surface area contributed by atoms with Gasteiger partial charge in [0, 0.05) is 13.2 Å². The first-order chi connectivity index (χ1) is 7.94. The van der Waals surface area contributed by atoms with Crippen molar-refractivity contribution in [2.45, 2.75) is 51.7 Å². The number of hydrogen-bond donors (Lipinski definition) is 0. The van der Waals surface area contributed by atoms with Gasteiger partial charge in [-0.25, -0.2) is 4.79 Å². The maximum Gasteiger partial charge on any atom is 2.00 e. The largest absolute Gasteiger partial charge is 2.00 e. The Kier molecular flexibility index (Phi) is 11.7. The van der Waals surface area contributed by atoms with Crippen LogP contribution in [0, 0.1) is 6.92 Å². The van der Waals surface area contributed by atoms with Crippen molar-refractivity contribution in [2.24, 2.45) is 0 Å². The molecule has 1 amide bonds. The third-order valence-electron chi connectivity index (χ3n) is 2.60. The molecule has 0 aromatic heterocycles. The number of hydrogen-bond acceptors (Lipinski definition) is 3. The van der Waals surface area contributed by atoms with Gasteiger partial charge >= 0.3 is 29.1 Å². The van der Waals surface area contributed by atoms with Crippen LogP contribution in [0.2, 0.25) is 0 Å². The van der Waals surface area contributed by atoms with Crippen molar-refractivity contribution in [2.75, 3.05) is 19.8 Å². The Morgan fingerprint density at radius 3 is 2.58 bits per heavy atom. The molecule has 0 N–H and O–H groups in total. The van der Waals surface area contributed by atoms with Gasteiger partial charge < -0.3 is 38.3 Å². The van der Waals surface area contributed by atoms with Crippen LogP contribution in [0.4, 0.5) is 4.79 Å². The molecule has 1 aliphatic rings. The number of nitrogens with zero attached hydrogens (tertiary/aromatic N) is 1. The van der Waals surface area contributed by atoms with E-state index in [1.807, 2.05) is 20.8 Å². The zero-order valence-electron chi connectivity index (χ0n) is 12.3. The van der Waals surface area contributed by atoms with Gasteiger partial charge in [0.1, 0.15) is 5.60 Å². The minimum absolute atomic E-state index is 0. The first kappa shape index (κ1) is 21.8. The molecule has 0 radical (unpaired) electrons. The molecule has 19 heavy (non-hydrogen) atoms. The van der Waals surface area contributed by atoms with E-state index in [1.54, 1.807) is 4.90 Å². The summed E-state index contributed by atoms with van der Waals surface area (Å²) in [7, 11) is 0. The molecule has 1 heterocycles. The van der Waals surface area contributed by atoms with Crippen molar-refractivity contribution in [3.63, 3.8) is 0 Å². The molecule has 4 nitrogen and oxygen atoms in total. The Hall–Kier alpha value is 0.476. The fourth-order valence-corrected chi connectivity index (χ4v) is 1.89. The summed E-state index contributed by atoms with van der Waals surface area (Å²) in [6.07, 6.45) is 2.56. The Labute approximate surface area is 143 Å². The third-order valence-corrected chi connectivity index (χ3v) is 2.60. The van der Waals surface area contributed by atoms with E-state index in [1.165, 1.54) is 0 Å². The summed E-state index contributed by atoms with van der Waals surface area (Å²) in [6.45, 7) is 11.4. The predicted octanol–water partition coefficient (Wildman–Crippen LogP) is -0.750. The summed E-state index contributed by atoms with van der Waals surface area (Å²) in [5.41, 5.74) is -0.432. The number of halogens is 1. The van der Waals surface area contributed by atoms with E-state index in [0.717, 1.165) is 25.8 Å². The van der Waals surface area contributed by atoms with Crippen LogP contribution >= 0.6 is 0 Å². The number of ether oxygens (including phenoxy) is 2. The van der Waals surface area contributed by atoms with Gasteiger partial charge in [0.25, 0.3) is 0 Å². The van der Waals surface area contributed by atoms with Crippen LogP contribution in [0.15, 0.2) is 0 Å². The molecule has 1 aliphatic heterocycles. The van der Waals surface area contributed by atoms with Crippen molar-refractivity contribution < 1.29 is 31.2 Å². The second kappa shape index (κ2) is 10.2. The summed E-state index contributed by atoms with van der Waals surface area (Å²) in [5.74, 6) is 0. The fourth-order valence-electron chi connectivity index (χ4n) is 1.89. The zero-order valence-corrected chi connectivity index (χ0v) is 15.3. The normalized spacial score (nSPS) is 18.5. The number of carbonyl (C=O) groups is 1. The van der Waals surface area contributed by atoms with Gasteiger partial charge in [-0.1, -0.05) is 0 Å². The molecular weight excluding hydrogens is 322 g/mol. The number of amides is 1. The molecule has 1 fully saturated rings. The molecule has 0 bridgehead atoms.